The highest BCUT2D eigenvalue weighted by Gasteiger charge is 2.19. The maximum atomic E-state index is 11.6. The van der Waals surface area contributed by atoms with Crippen LogP contribution >= 0.6 is 11.6 Å². The van der Waals surface area contributed by atoms with Crippen LogP contribution in [-0.2, 0) is 10.0 Å². The smallest absolute Gasteiger partial charge is 0.211 e. The van der Waals surface area contributed by atoms with E-state index in [0.717, 1.165) is 32.5 Å². The zero-order chi connectivity index (χ0) is 12.7. The Morgan fingerprint density at radius 3 is 2.53 bits per heavy atom. The molecular weight excluding hydrogens is 260 g/mol. The van der Waals surface area contributed by atoms with E-state index in [1.54, 1.807) is 0 Å². The van der Waals surface area contributed by atoms with E-state index in [4.69, 9.17) is 11.6 Å². The minimum Gasteiger partial charge on any atom is -0.304 e. The second-order valence-corrected chi connectivity index (χ2v) is 6.89. The number of nitrogens with zero attached hydrogens (tertiary/aromatic N) is 1. The van der Waals surface area contributed by atoms with Crippen molar-refractivity contribution in [3.8, 4) is 0 Å². The van der Waals surface area contributed by atoms with Gasteiger partial charge in [0, 0.05) is 12.4 Å². The van der Waals surface area contributed by atoms with E-state index < -0.39 is 10.0 Å². The second kappa shape index (κ2) is 7.56. The van der Waals surface area contributed by atoms with Gasteiger partial charge in [0.25, 0.3) is 0 Å². The number of alkyl halides is 1. The molecule has 0 aromatic carbocycles. The van der Waals surface area contributed by atoms with Crippen LogP contribution in [0.4, 0.5) is 0 Å². The molecule has 1 heterocycles. The van der Waals surface area contributed by atoms with Crippen molar-refractivity contribution in [2.45, 2.75) is 26.2 Å². The van der Waals surface area contributed by atoms with Gasteiger partial charge in [-0.2, -0.15) is 0 Å². The third-order valence-corrected chi connectivity index (χ3v) is 4.99. The highest BCUT2D eigenvalue weighted by molar-refractivity contribution is 7.89. The minimum atomic E-state index is -3.11. The van der Waals surface area contributed by atoms with E-state index in [-0.39, 0.29) is 5.75 Å². The van der Waals surface area contributed by atoms with Gasteiger partial charge in [-0.15, -0.1) is 11.6 Å². The number of rotatable bonds is 7. The fourth-order valence-corrected chi connectivity index (χ4v) is 3.52. The summed E-state index contributed by atoms with van der Waals surface area (Å²) in [5.41, 5.74) is 0. The molecule has 0 radical (unpaired) electrons. The van der Waals surface area contributed by atoms with E-state index in [2.05, 4.69) is 16.5 Å². The molecule has 1 saturated heterocycles. The number of hydrogen-bond acceptors (Lipinski definition) is 3. The lowest BCUT2D eigenvalue weighted by Crippen LogP contribution is -2.39. The van der Waals surface area contributed by atoms with E-state index in [0.29, 0.717) is 24.8 Å². The first-order valence-corrected chi connectivity index (χ1v) is 8.51. The Bertz CT molecular complexity index is 301. The lowest BCUT2D eigenvalue weighted by atomic mass is 9.97. The van der Waals surface area contributed by atoms with Gasteiger partial charge in [-0.05, 0) is 44.8 Å². The zero-order valence-corrected chi connectivity index (χ0v) is 12.1. The molecule has 0 aliphatic carbocycles. The van der Waals surface area contributed by atoms with Crippen molar-refractivity contribution in [2.75, 3.05) is 37.8 Å². The van der Waals surface area contributed by atoms with Crippen LogP contribution in [0.2, 0.25) is 0 Å². The summed E-state index contributed by atoms with van der Waals surface area (Å²) in [7, 11) is -3.11. The number of nitrogens with one attached hydrogen (secondary N) is 1. The normalized spacial score (nSPS) is 19.6. The third-order valence-electron chi connectivity index (χ3n) is 3.29. The summed E-state index contributed by atoms with van der Waals surface area (Å²) in [6.07, 6.45) is 2.70. The van der Waals surface area contributed by atoms with Crippen molar-refractivity contribution in [3.05, 3.63) is 0 Å². The summed E-state index contributed by atoms with van der Waals surface area (Å²) in [5, 5.41) is 0. The summed E-state index contributed by atoms with van der Waals surface area (Å²) in [6.45, 7) is 6.01. The lowest BCUT2D eigenvalue weighted by Gasteiger charge is -2.30. The maximum absolute atomic E-state index is 11.6. The van der Waals surface area contributed by atoms with Gasteiger partial charge in [0.15, 0.2) is 0 Å². The first-order valence-electron chi connectivity index (χ1n) is 6.33. The molecule has 0 unspecified atom stereocenters. The molecule has 17 heavy (non-hydrogen) atoms. The molecule has 0 aromatic heterocycles. The van der Waals surface area contributed by atoms with Crippen LogP contribution in [0, 0.1) is 5.92 Å². The zero-order valence-electron chi connectivity index (χ0n) is 10.5. The number of sulfonamides is 1. The molecule has 1 fully saturated rings. The summed E-state index contributed by atoms with van der Waals surface area (Å²) in [5.74, 6) is 1.03. The van der Waals surface area contributed by atoms with E-state index in [1.165, 1.54) is 0 Å². The molecule has 0 saturated carbocycles. The molecular formula is C11H23ClN2O2S. The maximum Gasteiger partial charge on any atom is 0.211 e. The Morgan fingerprint density at radius 2 is 2.00 bits per heavy atom. The second-order valence-electron chi connectivity index (χ2n) is 4.59. The van der Waals surface area contributed by atoms with Gasteiger partial charge in [-0.25, -0.2) is 13.1 Å². The number of hydrogen-bond donors (Lipinski definition) is 1. The molecule has 1 N–H and O–H groups in total. The van der Waals surface area contributed by atoms with Crippen LogP contribution in [0.25, 0.3) is 0 Å². The van der Waals surface area contributed by atoms with Gasteiger partial charge < -0.3 is 4.90 Å². The van der Waals surface area contributed by atoms with E-state index in [9.17, 15) is 8.42 Å². The first-order chi connectivity index (χ1) is 8.07. The highest BCUT2D eigenvalue weighted by atomic mass is 35.5. The molecule has 102 valence electrons. The molecule has 1 rings (SSSR count). The van der Waals surface area contributed by atoms with Gasteiger partial charge in [0.2, 0.25) is 10.0 Å². The third kappa shape index (κ3) is 6.04. The highest BCUT2D eigenvalue weighted by Crippen LogP contribution is 2.16. The van der Waals surface area contributed by atoms with Crippen LogP contribution in [0.15, 0.2) is 0 Å². The van der Waals surface area contributed by atoms with Gasteiger partial charge >= 0.3 is 0 Å². The predicted molar refractivity (Wildman–Crippen MR) is 72.0 cm³/mol. The summed E-state index contributed by atoms with van der Waals surface area (Å²) < 4.78 is 25.8. The van der Waals surface area contributed by atoms with Crippen LogP contribution in [0.3, 0.4) is 0 Å². The SMILES string of the molecule is CCN1CCC(CNS(=O)(=O)CCCCl)CC1. The standard InChI is InChI=1S/C11H23ClN2O2S/c1-2-14-7-4-11(5-8-14)10-13-17(15,16)9-3-6-12/h11,13H,2-10H2,1H3. The Balaban J connectivity index is 2.23. The fourth-order valence-electron chi connectivity index (χ4n) is 2.07. The van der Waals surface area contributed by atoms with Crippen molar-refractivity contribution >= 4 is 21.6 Å². The Labute approximate surface area is 110 Å². The van der Waals surface area contributed by atoms with E-state index in [1.807, 2.05) is 0 Å². The molecule has 0 aromatic rings. The van der Waals surface area contributed by atoms with Crippen molar-refractivity contribution in [1.82, 2.24) is 9.62 Å². The Hall–Kier alpha value is 0.160. The van der Waals surface area contributed by atoms with Gasteiger partial charge in [0.05, 0.1) is 5.75 Å². The molecule has 0 atom stereocenters. The summed E-state index contributed by atoms with van der Waals surface area (Å²) in [4.78, 5) is 2.40. The molecule has 4 nitrogen and oxygen atoms in total. The molecule has 0 spiro atoms. The first kappa shape index (κ1) is 15.2. The van der Waals surface area contributed by atoms with Crippen LogP contribution < -0.4 is 4.72 Å². The van der Waals surface area contributed by atoms with Crippen LogP contribution in [0.5, 0.6) is 0 Å². The van der Waals surface area contributed by atoms with Gasteiger partial charge in [-0.3, -0.25) is 0 Å². The largest absolute Gasteiger partial charge is 0.304 e. The van der Waals surface area contributed by atoms with E-state index >= 15 is 0 Å². The van der Waals surface area contributed by atoms with Gasteiger partial charge in [0.1, 0.15) is 0 Å². The van der Waals surface area contributed by atoms with Crippen LogP contribution in [-0.4, -0.2) is 51.1 Å². The van der Waals surface area contributed by atoms with Crippen molar-refractivity contribution in [1.29, 1.82) is 0 Å². The Kier molecular flexibility index (Phi) is 6.77. The molecule has 6 heteroatoms. The van der Waals surface area contributed by atoms with Crippen molar-refractivity contribution in [3.63, 3.8) is 0 Å². The number of likely N-dealkylation sites (tertiary alicyclic amines) is 1. The number of halogens is 1. The molecule has 0 bridgehead atoms. The van der Waals surface area contributed by atoms with Crippen LogP contribution in [0.1, 0.15) is 26.2 Å². The van der Waals surface area contributed by atoms with Crippen molar-refractivity contribution < 1.29 is 8.42 Å². The minimum absolute atomic E-state index is 0.143. The predicted octanol–water partition coefficient (Wildman–Crippen LogP) is 1.27. The number of piperidine rings is 1. The molecule has 0 amide bonds. The molecule has 1 aliphatic rings. The monoisotopic (exact) mass is 282 g/mol. The quantitative estimate of drug-likeness (QED) is 0.716. The Morgan fingerprint density at radius 1 is 1.35 bits per heavy atom. The molecule has 1 aliphatic heterocycles. The summed E-state index contributed by atoms with van der Waals surface area (Å²) >= 11 is 5.49. The van der Waals surface area contributed by atoms with Crippen molar-refractivity contribution in [2.24, 2.45) is 5.92 Å². The summed E-state index contributed by atoms with van der Waals surface area (Å²) in [6, 6.07) is 0. The van der Waals surface area contributed by atoms with Gasteiger partial charge in [-0.1, -0.05) is 6.92 Å². The average Bonchev–Trinajstić information content (AvgIpc) is 2.35. The lowest BCUT2D eigenvalue weighted by molar-refractivity contribution is 0.194. The fraction of sp³-hybridized carbons (Fsp3) is 1.00. The topological polar surface area (TPSA) is 49.4 Å². The average molecular weight is 283 g/mol.